The maximum absolute atomic E-state index is 13.7. The summed E-state index contributed by atoms with van der Waals surface area (Å²) < 4.78 is 108. The number of aliphatic hydroxyl groups excluding tert-OH is 4. The van der Waals surface area contributed by atoms with E-state index in [0.717, 1.165) is 35.0 Å². The van der Waals surface area contributed by atoms with Crippen LogP contribution in [0.25, 0.3) is 33.5 Å². The molecule has 8 rings (SSSR count). The summed E-state index contributed by atoms with van der Waals surface area (Å²) in [5, 5.41) is 41.7. The number of phosphoric ester groups is 3. The normalized spacial score (nSPS) is 26.2. The van der Waals surface area contributed by atoms with E-state index in [-0.39, 0.29) is 51.2 Å². The van der Waals surface area contributed by atoms with Crippen LogP contribution in [0, 0.1) is 0 Å². The zero-order chi connectivity index (χ0) is 55.2. The van der Waals surface area contributed by atoms with E-state index in [1.54, 1.807) is 0 Å². The molecule has 6 unspecified atom stereocenters. The second-order valence-corrected chi connectivity index (χ2v) is 22.1. The number of nitrogens with two attached hydrogens (primary N) is 3. The highest BCUT2D eigenvalue weighted by Gasteiger charge is 2.51. The van der Waals surface area contributed by atoms with Gasteiger partial charge >= 0.3 is 36.9 Å². The number of hydrogen-bond acceptors (Lipinski definition) is 29. The molecular formula is C33H46N15O24P4+. The monoisotopic (exact) mass is 1160 g/mol. The molecule has 0 aliphatic carbocycles. The Bertz CT molecular complexity index is 3460. The Labute approximate surface area is 421 Å². The number of hydrogen-bond donors (Lipinski definition) is 13. The molecule has 0 radical (unpaired) electrons. The number of aliphatic hydroxyl groups is 4. The molecule has 0 spiro atoms. The molecule has 6 aromatic rings. The van der Waals surface area contributed by atoms with Gasteiger partial charge in [0.1, 0.15) is 61.2 Å². The third kappa shape index (κ3) is 12.1. The lowest BCUT2D eigenvalue weighted by Gasteiger charge is -2.25. The van der Waals surface area contributed by atoms with Crippen LogP contribution in [0.5, 0.6) is 0 Å². The quantitative estimate of drug-likeness (QED) is 0.0165. The molecule has 39 nitrogen and oxygen atoms in total. The van der Waals surface area contributed by atoms with Gasteiger partial charge in [-0.1, -0.05) is 4.98 Å². The van der Waals surface area contributed by atoms with Crippen LogP contribution in [0.2, 0.25) is 0 Å². The Morgan fingerprint density at radius 1 is 0.803 bits per heavy atom. The van der Waals surface area contributed by atoms with E-state index < -0.39 is 130 Å². The molecule has 43 heteroatoms. The number of nitrogens with one attached hydrogen (secondary N) is 2. The maximum atomic E-state index is 13.7. The second-order valence-electron chi connectivity index (χ2n) is 16.1. The lowest BCUT2D eigenvalue weighted by Crippen LogP contribution is -2.46. The van der Waals surface area contributed by atoms with Crippen molar-refractivity contribution in [2.75, 3.05) is 50.7 Å². The van der Waals surface area contributed by atoms with Crippen LogP contribution >= 0.6 is 31.3 Å². The van der Waals surface area contributed by atoms with E-state index in [0.29, 0.717) is 6.26 Å². The predicted octanol–water partition coefficient (Wildman–Crippen LogP) is -3.95. The molecule has 0 amide bonds. The van der Waals surface area contributed by atoms with Gasteiger partial charge in [-0.3, -0.25) is 51.7 Å². The maximum Gasteiger partial charge on any atom is 0.535 e. The van der Waals surface area contributed by atoms with Crippen LogP contribution < -0.4 is 32.9 Å². The number of phosphoric acid groups is 4. The van der Waals surface area contributed by atoms with E-state index >= 15 is 0 Å². The summed E-state index contributed by atoms with van der Waals surface area (Å²) in [5.74, 6) is -0.676. The van der Waals surface area contributed by atoms with Crippen molar-refractivity contribution in [1.29, 1.82) is 0 Å². The summed E-state index contributed by atoms with van der Waals surface area (Å²) in [6.45, 7) is -3.89. The predicted molar refractivity (Wildman–Crippen MR) is 245 cm³/mol. The molecule has 416 valence electrons. The Kier molecular flexibility index (Phi) is 16.4. The van der Waals surface area contributed by atoms with Gasteiger partial charge in [-0.25, -0.2) is 42.8 Å². The summed E-state index contributed by atoms with van der Waals surface area (Å²) in [4.78, 5) is 95.2. The molecule has 76 heavy (non-hydrogen) atoms. The molecule has 6 aromatic heterocycles. The fourth-order valence-corrected chi connectivity index (χ4v) is 12.1. The van der Waals surface area contributed by atoms with Gasteiger partial charge in [0.05, 0.1) is 45.8 Å². The van der Waals surface area contributed by atoms with Crippen molar-refractivity contribution in [2.45, 2.75) is 61.4 Å². The van der Waals surface area contributed by atoms with Gasteiger partial charge in [0.25, 0.3) is 17.1 Å². The third-order valence-electron chi connectivity index (χ3n) is 11.0. The van der Waals surface area contributed by atoms with Crippen LogP contribution in [0.1, 0.15) is 18.7 Å². The number of aromatic amines is 2. The van der Waals surface area contributed by atoms with Crippen LogP contribution in [0.3, 0.4) is 0 Å². The lowest BCUT2D eigenvalue weighted by molar-refractivity contribution is -0.746. The van der Waals surface area contributed by atoms with Crippen LogP contribution in [-0.2, 0) is 71.0 Å². The highest BCUT2D eigenvalue weighted by atomic mass is 31.3. The first-order chi connectivity index (χ1) is 35.7. The standard InChI is InChI=1S/C33H45N15O24P4/c1-45-12-48(27-19(45)29(54)44-33(36)42-27)16(6-50)67-13(5-49)7-65-75(59,60)72-76(61,62)71-74(57,58)64-4-3-14-22(23(63-2)31(68-14)46-10-39-17-24(34)37-9-38-25(17)46)70-73(55,56)66-8-15-20(51)21(52)30(69-15)47-11-40-18-26(47)41-32(35)43-28(18)53/h3-4,9-16,20-23,30-31,49-52H,5-8H2,1-2H3,(H11-,34,35,36,37,38,41,42,43,44,53,54,55,56,57,58,59,60,61,62)/p+1/b4-3-/t13-,14+,15+,16+,20-,21?,22-,23?,30+,31+/m0/s1. The molecule has 14 atom stereocenters. The number of fused-ring (bicyclic) bond motifs is 3. The average Bonchev–Trinajstić information content (AvgIpc) is 4.18. The molecule has 0 bridgehead atoms. The topological polar surface area (TPSA) is 562 Å². The van der Waals surface area contributed by atoms with Gasteiger partial charge in [-0.15, -0.1) is 0 Å². The largest absolute Gasteiger partial charge is 0.535 e. The number of methoxy groups -OCH3 is 1. The van der Waals surface area contributed by atoms with E-state index in [1.165, 1.54) is 28.8 Å². The minimum atomic E-state index is -6.15. The van der Waals surface area contributed by atoms with E-state index in [2.05, 4.69) is 57.5 Å². The molecule has 16 N–H and O–H groups in total. The fourth-order valence-electron chi connectivity index (χ4n) is 7.77. The van der Waals surface area contributed by atoms with Crippen LogP contribution in [0.15, 0.2) is 47.2 Å². The Hall–Kier alpha value is -5.57. The molecule has 0 saturated carbocycles. The lowest BCUT2D eigenvalue weighted by atomic mass is 10.1. The summed E-state index contributed by atoms with van der Waals surface area (Å²) in [6.07, 6.45) is -10.3. The number of aryl methyl sites for hydroxylation is 1. The van der Waals surface area contributed by atoms with Gasteiger partial charge in [0.2, 0.25) is 17.7 Å². The highest BCUT2D eigenvalue weighted by Crippen LogP contribution is 2.68. The van der Waals surface area contributed by atoms with Crippen LogP contribution in [-0.4, -0.2) is 170 Å². The number of nitrogen functional groups attached to an aromatic ring is 3. The minimum absolute atomic E-state index is 0.0122. The molecule has 0 aromatic carbocycles. The molecule has 2 aliphatic heterocycles. The molecule has 8 heterocycles. The Balaban J connectivity index is 0.929. The average molecular weight is 1160 g/mol. The molecule has 2 fully saturated rings. The van der Waals surface area contributed by atoms with Crippen molar-refractivity contribution in [2.24, 2.45) is 7.05 Å². The van der Waals surface area contributed by atoms with Gasteiger partial charge < -0.3 is 75.8 Å². The number of anilines is 3. The van der Waals surface area contributed by atoms with E-state index in [9.17, 15) is 67.8 Å². The van der Waals surface area contributed by atoms with Gasteiger partial charge in [-0.05, 0) is 6.08 Å². The van der Waals surface area contributed by atoms with Gasteiger partial charge in [0, 0.05) is 7.11 Å². The second kappa shape index (κ2) is 22.0. The number of ether oxygens (including phenoxy) is 4. The number of H-pyrrole nitrogens is 2. The molecular weight excluding hydrogens is 1110 g/mol. The van der Waals surface area contributed by atoms with Crippen molar-refractivity contribution in [3.05, 3.63) is 58.4 Å². The number of imidazole rings is 3. The minimum Gasteiger partial charge on any atom is -0.412 e. The zero-order valence-corrected chi connectivity index (χ0v) is 42.2. The zero-order valence-electron chi connectivity index (χ0n) is 38.7. The summed E-state index contributed by atoms with van der Waals surface area (Å²) in [7, 11) is -20.6. The smallest absolute Gasteiger partial charge is 0.412 e. The van der Waals surface area contributed by atoms with Crippen molar-refractivity contribution in [3.8, 4) is 0 Å². The van der Waals surface area contributed by atoms with Crippen molar-refractivity contribution in [1.82, 2.24) is 53.6 Å². The first kappa shape index (κ1) is 56.6. The highest BCUT2D eigenvalue weighted by molar-refractivity contribution is 7.66. The summed E-state index contributed by atoms with van der Waals surface area (Å²) in [6, 6.07) is 0. The summed E-state index contributed by atoms with van der Waals surface area (Å²) in [5.41, 5.74) is 15.5. The first-order valence-corrected chi connectivity index (χ1v) is 27.3. The van der Waals surface area contributed by atoms with Gasteiger partial charge in [0.15, 0.2) is 41.4 Å². The number of rotatable bonds is 23. The van der Waals surface area contributed by atoms with E-state index in [4.69, 9.17) is 45.2 Å². The Morgan fingerprint density at radius 3 is 2.17 bits per heavy atom. The third-order valence-corrected chi connectivity index (χ3v) is 16.1. The van der Waals surface area contributed by atoms with E-state index in [1.807, 2.05) is 0 Å². The summed E-state index contributed by atoms with van der Waals surface area (Å²) >= 11 is 0. The fraction of sp³-hybridized carbons (Fsp3) is 0.485. The first-order valence-electron chi connectivity index (χ1n) is 21.3. The molecule has 2 saturated heterocycles. The SMILES string of the molecule is COC1[C@@H](OP(=O)(O)OC[C@H]2O[C@@H](n3cnc4c(=O)[nH]c(N)nc43)C(O)[C@H]2O)[C@@H](/C=C\OP(=O)(O)OP(=O)(O)OP(=O)(O)OC[C@H](CO)O[C@H](CO)[n+]2cn(C)c3c(=O)[nH]c(N)nc32)O[C@H]1n1cnc2c(N)ncnc21. The van der Waals surface area contributed by atoms with Crippen molar-refractivity contribution in [3.63, 3.8) is 0 Å². The molecule has 2 aliphatic rings. The van der Waals surface area contributed by atoms with Crippen molar-refractivity contribution < 1.29 is 108 Å². The Morgan fingerprint density at radius 2 is 1.47 bits per heavy atom. The number of aromatic nitrogens is 12. The van der Waals surface area contributed by atoms with Crippen molar-refractivity contribution >= 4 is 82.5 Å². The number of nitrogens with zero attached hydrogens (tertiary/aromatic N) is 10. The van der Waals surface area contributed by atoms with Gasteiger partial charge in [-0.2, -0.15) is 13.6 Å². The van der Waals surface area contributed by atoms with Crippen LogP contribution in [0.4, 0.5) is 17.7 Å².